The summed E-state index contributed by atoms with van der Waals surface area (Å²) in [5.41, 5.74) is 0. The molecule has 62 valence electrons. The van der Waals surface area contributed by atoms with Gasteiger partial charge < -0.3 is 15.2 Å². The highest BCUT2D eigenvalue weighted by molar-refractivity contribution is 5.74. The smallest absolute Gasteiger partial charge is 0.321 e. The predicted molar refractivity (Wildman–Crippen MR) is 37.3 cm³/mol. The van der Waals surface area contributed by atoms with Gasteiger partial charge in [-0.1, -0.05) is 0 Å². The first kappa shape index (κ1) is 7.06. The molecule has 0 saturated carbocycles. The monoisotopic (exact) mass is 157 g/mol. The van der Waals surface area contributed by atoms with Crippen molar-refractivity contribution in [2.75, 3.05) is 13.2 Å². The number of hydrogen-bond acceptors (Lipinski definition) is 3. The van der Waals surface area contributed by atoms with Crippen LogP contribution in [0.1, 0.15) is 6.42 Å². The molecule has 2 fully saturated rings. The van der Waals surface area contributed by atoms with Gasteiger partial charge in [-0.3, -0.25) is 4.79 Å². The molecule has 0 aromatic heterocycles. The van der Waals surface area contributed by atoms with E-state index in [0.29, 0.717) is 6.54 Å². The number of carboxylic acid groups (broad SMARTS) is 1. The second-order valence-corrected chi connectivity index (χ2v) is 3.09. The average molecular weight is 157 g/mol. The fourth-order valence-corrected chi connectivity index (χ4v) is 1.92. The number of aliphatic carboxylic acids is 1. The Hall–Kier alpha value is -0.610. The van der Waals surface area contributed by atoms with E-state index in [1.807, 2.05) is 0 Å². The van der Waals surface area contributed by atoms with Gasteiger partial charge >= 0.3 is 5.97 Å². The summed E-state index contributed by atoms with van der Waals surface area (Å²) in [4.78, 5) is 10.6. The van der Waals surface area contributed by atoms with Gasteiger partial charge in [0, 0.05) is 19.1 Å². The summed E-state index contributed by atoms with van der Waals surface area (Å²) in [6.45, 7) is 1.42. The van der Waals surface area contributed by atoms with Crippen LogP contribution in [0.5, 0.6) is 0 Å². The van der Waals surface area contributed by atoms with Crippen LogP contribution in [-0.4, -0.2) is 36.4 Å². The van der Waals surface area contributed by atoms with Crippen molar-refractivity contribution >= 4 is 5.97 Å². The topological polar surface area (TPSA) is 58.6 Å². The molecule has 4 nitrogen and oxygen atoms in total. The molecule has 2 aliphatic rings. The summed E-state index contributed by atoms with van der Waals surface area (Å²) in [6.07, 6.45) is 1.03. The van der Waals surface area contributed by atoms with Crippen molar-refractivity contribution in [1.29, 1.82) is 0 Å². The van der Waals surface area contributed by atoms with Gasteiger partial charge in [0.2, 0.25) is 0 Å². The number of nitrogens with one attached hydrogen (secondary N) is 1. The van der Waals surface area contributed by atoms with E-state index in [9.17, 15) is 4.79 Å². The lowest BCUT2D eigenvalue weighted by molar-refractivity contribution is -0.140. The zero-order valence-electron chi connectivity index (χ0n) is 6.12. The van der Waals surface area contributed by atoms with Gasteiger partial charge in [-0.05, 0) is 6.42 Å². The lowest BCUT2D eigenvalue weighted by Gasteiger charge is -2.10. The highest BCUT2D eigenvalue weighted by atomic mass is 16.5. The molecule has 2 rings (SSSR count). The second kappa shape index (κ2) is 2.46. The molecule has 2 aliphatic heterocycles. The van der Waals surface area contributed by atoms with Gasteiger partial charge in [-0.15, -0.1) is 0 Å². The normalized spacial score (nSPS) is 42.4. The standard InChI is InChI=1S/C7H11NO3/c9-7(10)6-4-1-2-11-5(4)3-8-6/h4-6,8H,1-3H2,(H,9,10). The van der Waals surface area contributed by atoms with Gasteiger partial charge in [-0.2, -0.15) is 0 Å². The highest BCUT2D eigenvalue weighted by Gasteiger charge is 2.43. The average Bonchev–Trinajstić information content (AvgIpc) is 2.41. The molecule has 0 aromatic rings. The van der Waals surface area contributed by atoms with Crippen LogP contribution < -0.4 is 5.32 Å². The first-order valence-electron chi connectivity index (χ1n) is 3.87. The van der Waals surface area contributed by atoms with E-state index in [1.54, 1.807) is 0 Å². The van der Waals surface area contributed by atoms with Gasteiger partial charge in [0.1, 0.15) is 6.04 Å². The van der Waals surface area contributed by atoms with E-state index >= 15 is 0 Å². The minimum absolute atomic E-state index is 0.149. The van der Waals surface area contributed by atoms with Crippen LogP contribution >= 0.6 is 0 Å². The summed E-state index contributed by atoms with van der Waals surface area (Å²) in [7, 11) is 0. The molecular weight excluding hydrogens is 146 g/mol. The Balaban J connectivity index is 2.08. The van der Waals surface area contributed by atoms with E-state index in [0.717, 1.165) is 13.0 Å². The van der Waals surface area contributed by atoms with Crippen molar-refractivity contribution in [3.63, 3.8) is 0 Å². The summed E-state index contributed by atoms with van der Waals surface area (Å²) in [6, 6.07) is -0.373. The largest absolute Gasteiger partial charge is 0.480 e. The lowest BCUT2D eigenvalue weighted by Crippen LogP contribution is -2.35. The van der Waals surface area contributed by atoms with Crippen LogP contribution in [0, 0.1) is 5.92 Å². The molecule has 0 bridgehead atoms. The minimum Gasteiger partial charge on any atom is -0.480 e. The fraction of sp³-hybridized carbons (Fsp3) is 0.857. The van der Waals surface area contributed by atoms with Crippen LogP contribution in [0.15, 0.2) is 0 Å². The van der Waals surface area contributed by atoms with Crippen molar-refractivity contribution in [1.82, 2.24) is 5.32 Å². The second-order valence-electron chi connectivity index (χ2n) is 3.09. The van der Waals surface area contributed by atoms with E-state index in [-0.39, 0.29) is 18.1 Å². The first-order valence-corrected chi connectivity index (χ1v) is 3.87. The highest BCUT2D eigenvalue weighted by Crippen LogP contribution is 2.28. The Kier molecular flexibility index (Phi) is 1.58. The lowest BCUT2D eigenvalue weighted by atomic mass is 9.98. The van der Waals surface area contributed by atoms with Crippen molar-refractivity contribution in [3.8, 4) is 0 Å². The third-order valence-electron chi connectivity index (χ3n) is 2.49. The van der Waals surface area contributed by atoms with Crippen LogP contribution in [0.3, 0.4) is 0 Å². The molecule has 2 saturated heterocycles. The van der Waals surface area contributed by atoms with Crippen molar-refractivity contribution in [3.05, 3.63) is 0 Å². The Morgan fingerprint density at radius 1 is 1.64 bits per heavy atom. The third-order valence-corrected chi connectivity index (χ3v) is 2.49. The quantitative estimate of drug-likeness (QED) is 0.536. The SMILES string of the molecule is O=C(O)C1NCC2OCCC21. The summed E-state index contributed by atoms with van der Waals surface area (Å²) >= 11 is 0. The van der Waals surface area contributed by atoms with Gasteiger partial charge in [0.25, 0.3) is 0 Å². The summed E-state index contributed by atoms with van der Waals surface area (Å²) < 4.78 is 5.33. The molecule has 0 radical (unpaired) electrons. The summed E-state index contributed by atoms with van der Waals surface area (Å²) in [5.74, 6) is -0.546. The Bertz CT molecular complexity index is 183. The van der Waals surface area contributed by atoms with Crippen molar-refractivity contribution in [2.24, 2.45) is 5.92 Å². The molecule has 0 aromatic carbocycles. The van der Waals surface area contributed by atoms with Gasteiger partial charge in [0.05, 0.1) is 6.10 Å². The zero-order chi connectivity index (χ0) is 7.84. The maximum atomic E-state index is 10.6. The number of ether oxygens (including phenoxy) is 1. The maximum Gasteiger partial charge on any atom is 0.321 e. The van der Waals surface area contributed by atoms with E-state index < -0.39 is 5.97 Å². The number of carbonyl (C=O) groups is 1. The number of fused-ring (bicyclic) bond motifs is 1. The molecule has 0 spiro atoms. The molecule has 2 N–H and O–H groups in total. The molecule has 3 atom stereocenters. The molecule has 0 amide bonds. The third kappa shape index (κ3) is 1.02. The Morgan fingerprint density at radius 3 is 3.18 bits per heavy atom. The molecule has 2 heterocycles. The first-order chi connectivity index (χ1) is 5.29. The van der Waals surface area contributed by atoms with Crippen molar-refractivity contribution < 1.29 is 14.6 Å². The van der Waals surface area contributed by atoms with Crippen molar-refractivity contribution in [2.45, 2.75) is 18.6 Å². The molecule has 4 heteroatoms. The number of carboxylic acids is 1. The Morgan fingerprint density at radius 2 is 2.45 bits per heavy atom. The van der Waals surface area contributed by atoms with Gasteiger partial charge in [-0.25, -0.2) is 0 Å². The van der Waals surface area contributed by atoms with Crippen LogP contribution in [-0.2, 0) is 9.53 Å². The predicted octanol–water partition coefficient (Wildman–Crippen LogP) is -0.552. The van der Waals surface area contributed by atoms with Crippen LogP contribution in [0.25, 0.3) is 0 Å². The van der Waals surface area contributed by atoms with Crippen LogP contribution in [0.2, 0.25) is 0 Å². The minimum atomic E-state index is -0.747. The Labute approximate surface area is 64.5 Å². The molecule has 3 unspecified atom stereocenters. The molecule has 0 aliphatic carbocycles. The molecule has 11 heavy (non-hydrogen) atoms. The number of hydrogen-bond donors (Lipinski definition) is 2. The van der Waals surface area contributed by atoms with Crippen LogP contribution in [0.4, 0.5) is 0 Å². The summed E-state index contributed by atoms with van der Waals surface area (Å²) in [5, 5.41) is 11.7. The van der Waals surface area contributed by atoms with Gasteiger partial charge in [0.15, 0.2) is 0 Å². The number of rotatable bonds is 1. The van der Waals surface area contributed by atoms with E-state index in [2.05, 4.69) is 5.32 Å². The van der Waals surface area contributed by atoms with E-state index in [4.69, 9.17) is 9.84 Å². The zero-order valence-corrected chi connectivity index (χ0v) is 6.12. The van der Waals surface area contributed by atoms with E-state index in [1.165, 1.54) is 0 Å². The maximum absolute atomic E-state index is 10.6. The molecular formula is C7H11NO3. The fourth-order valence-electron chi connectivity index (χ4n) is 1.92.